The molecule has 1 aromatic carbocycles. The minimum atomic E-state index is -0.789. The van der Waals surface area contributed by atoms with Crippen LogP contribution in [0.5, 0.6) is 0 Å². The summed E-state index contributed by atoms with van der Waals surface area (Å²) < 4.78 is 46.5. The predicted molar refractivity (Wildman–Crippen MR) is 110 cm³/mol. The Morgan fingerprint density at radius 1 is 1.00 bits per heavy atom. The Balaban J connectivity index is 1.26. The van der Waals surface area contributed by atoms with E-state index in [0.717, 1.165) is 18.2 Å². The maximum atomic E-state index is 14.1. The number of halogens is 3. The molecule has 0 atom stereocenters. The largest absolute Gasteiger partial charge is 0.450 e. The van der Waals surface area contributed by atoms with Crippen LogP contribution in [0.1, 0.15) is 53.3 Å². The maximum absolute atomic E-state index is 14.1. The van der Waals surface area contributed by atoms with E-state index >= 15 is 0 Å². The summed E-state index contributed by atoms with van der Waals surface area (Å²) in [4.78, 5) is 32.3. The highest BCUT2D eigenvalue weighted by molar-refractivity contribution is 5.94. The van der Waals surface area contributed by atoms with Crippen LogP contribution in [0.25, 0.3) is 22.6 Å². The summed E-state index contributed by atoms with van der Waals surface area (Å²) in [5.41, 5.74) is 1.16. The molecule has 4 heterocycles. The average molecular weight is 451 g/mol. The second-order valence-corrected chi connectivity index (χ2v) is 8.39. The van der Waals surface area contributed by atoms with Gasteiger partial charge in [0.05, 0.1) is 17.3 Å². The summed E-state index contributed by atoms with van der Waals surface area (Å²) >= 11 is 0. The number of hydrogen-bond donors (Lipinski definition) is 1. The molecule has 1 spiro atoms. The number of ether oxygens (including phenoxy) is 1. The summed E-state index contributed by atoms with van der Waals surface area (Å²) in [6.07, 6.45) is 5.38. The number of aromatic nitrogens is 5. The minimum Gasteiger partial charge on any atom is -0.450 e. The van der Waals surface area contributed by atoms with Crippen molar-refractivity contribution in [2.75, 3.05) is 0 Å². The van der Waals surface area contributed by atoms with Crippen molar-refractivity contribution < 1.29 is 22.7 Å². The monoisotopic (exact) mass is 451 g/mol. The van der Waals surface area contributed by atoms with Gasteiger partial charge < -0.3 is 9.72 Å². The third-order valence-corrected chi connectivity index (χ3v) is 6.48. The fraction of sp³-hybridized carbons (Fsp3) is 0.261. The molecule has 0 saturated heterocycles. The number of nitrogens with one attached hydrogen (secondary N) is 1. The van der Waals surface area contributed by atoms with Gasteiger partial charge in [-0.3, -0.25) is 0 Å². The zero-order valence-electron chi connectivity index (χ0n) is 17.1. The lowest BCUT2D eigenvalue weighted by Crippen LogP contribution is -2.31. The highest BCUT2D eigenvalue weighted by atomic mass is 19.1. The van der Waals surface area contributed by atoms with Crippen LogP contribution < -0.4 is 0 Å². The van der Waals surface area contributed by atoms with Crippen molar-refractivity contribution in [2.45, 2.75) is 37.2 Å². The second-order valence-electron chi connectivity index (χ2n) is 8.39. The molecule has 10 heteroatoms. The number of pyridine rings is 1. The molecule has 0 unspecified atom stereocenters. The Bertz CT molecular complexity index is 1430. The topological polar surface area (TPSA) is 93.6 Å². The first kappa shape index (κ1) is 19.8. The number of nitrogens with zero attached hydrogens (tertiary/aromatic N) is 4. The predicted octanol–water partition coefficient (Wildman–Crippen LogP) is 4.56. The van der Waals surface area contributed by atoms with Gasteiger partial charge in [-0.05, 0) is 37.8 Å². The Hall–Kier alpha value is -3.82. The van der Waals surface area contributed by atoms with Crippen LogP contribution in [-0.2, 0) is 10.3 Å². The number of fused-ring (bicyclic) bond motifs is 3. The van der Waals surface area contributed by atoms with E-state index in [4.69, 9.17) is 4.74 Å². The van der Waals surface area contributed by atoms with Gasteiger partial charge in [-0.15, -0.1) is 0 Å². The van der Waals surface area contributed by atoms with E-state index in [1.54, 1.807) is 0 Å². The molecule has 33 heavy (non-hydrogen) atoms. The number of carbonyl (C=O) groups excluding carboxylic acids is 1. The van der Waals surface area contributed by atoms with Gasteiger partial charge in [0.2, 0.25) is 5.95 Å². The van der Waals surface area contributed by atoms with Gasteiger partial charge in [-0.1, -0.05) is 0 Å². The van der Waals surface area contributed by atoms with Crippen molar-refractivity contribution >= 4 is 17.1 Å². The summed E-state index contributed by atoms with van der Waals surface area (Å²) in [7, 11) is 0. The lowest BCUT2D eigenvalue weighted by molar-refractivity contribution is -0.0313. The molecule has 1 aliphatic carbocycles. The number of benzene rings is 1. The van der Waals surface area contributed by atoms with E-state index in [1.807, 2.05) is 0 Å². The van der Waals surface area contributed by atoms with Gasteiger partial charge >= 0.3 is 5.97 Å². The van der Waals surface area contributed by atoms with Crippen LogP contribution in [0.2, 0.25) is 0 Å². The van der Waals surface area contributed by atoms with Crippen molar-refractivity contribution in [1.29, 1.82) is 0 Å². The van der Waals surface area contributed by atoms with Crippen molar-refractivity contribution in [3.05, 3.63) is 71.2 Å². The number of aromatic amines is 1. The first-order valence-electron chi connectivity index (χ1n) is 10.5. The van der Waals surface area contributed by atoms with Crippen LogP contribution in [0.3, 0.4) is 0 Å². The van der Waals surface area contributed by atoms with E-state index in [0.29, 0.717) is 48.2 Å². The molecule has 2 aliphatic rings. The average Bonchev–Trinajstić information content (AvgIpc) is 3.33. The molecular weight excluding hydrogens is 435 g/mol. The number of carbonyl (C=O) groups is 1. The minimum absolute atomic E-state index is 0.0620. The molecule has 6 rings (SSSR count). The molecule has 166 valence electrons. The number of imidazole rings is 1. The summed E-state index contributed by atoms with van der Waals surface area (Å²) in [6.45, 7) is 0. The van der Waals surface area contributed by atoms with Crippen molar-refractivity contribution in [2.24, 2.45) is 0 Å². The number of rotatable bonds is 2. The molecule has 4 aromatic rings. The van der Waals surface area contributed by atoms with E-state index in [9.17, 15) is 18.0 Å². The molecule has 1 N–H and O–H groups in total. The molecule has 3 aromatic heterocycles. The third kappa shape index (κ3) is 3.16. The van der Waals surface area contributed by atoms with Crippen LogP contribution in [-0.4, -0.2) is 30.9 Å². The van der Waals surface area contributed by atoms with Gasteiger partial charge in [0.1, 0.15) is 28.6 Å². The van der Waals surface area contributed by atoms with Crippen molar-refractivity contribution in [1.82, 2.24) is 24.9 Å². The number of hydrogen-bond acceptors (Lipinski definition) is 6. The second kappa shape index (κ2) is 7.09. The Labute approximate surface area is 185 Å². The van der Waals surface area contributed by atoms with Crippen LogP contribution in [0, 0.1) is 17.6 Å². The van der Waals surface area contributed by atoms with E-state index in [2.05, 4.69) is 24.9 Å². The first-order valence-corrected chi connectivity index (χ1v) is 10.5. The molecular formula is C23H16F3N5O2. The lowest BCUT2D eigenvalue weighted by atomic mass is 9.75. The van der Waals surface area contributed by atoms with Gasteiger partial charge in [0.15, 0.2) is 11.5 Å². The fourth-order valence-corrected chi connectivity index (χ4v) is 4.80. The number of H-pyrrole nitrogens is 1. The lowest BCUT2D eigenvalue weighted by Gasteiger charge is -2.35. The Morgan fingerprint density at radius 3 is 2.61 bits per heavy atom. The normalized spacial score (nSPS) is 22.0. The highest BCUT2D eigenvalue weighted by Crippen LogP contribution is 2.49. The Kier molecular flexibility index (Phi) is 4.26. The van der Waals surface area contributed by atoms with Gasteiger partial charge in [-0.25, -0.2) is 33.5 Å². The zero-order chi connectivity index (χ0) is 22.7. The molecule has 1 saturated carbocycles. The van der Waals surface area contributed by atoms with Crippen LogP contribution >= 0.6 is 0 Å². The summed E-state index contributed by atoms with van der Waals surface area (Å²) in [6, 6.07) is 4.35. The fourth-order valence-electron chi connectivity index (χ4n) is 4.80. The summed E-state index contributed by atoms with van der Waals surface area (Å²) in [5, 5.41) is 0. The smallest absolute Gasteiger partial charge is 0.339 e. The van der Waals surface area contributed by atoms with Crippen LogP contribution in [0.4, 0.5) is 13.2 Å². The standard InChI is InChI=1S/C23H16F3N5O2/c24-12-1-2-13(16(25)7-12)20-28-10-17-21(31-20)30-19(29-17)11-3-5-23(6-4-11)15-9-27-18(26)8-14(15)22(32)33-23/h1-2,7-11H,3-6H2,(H,28,29,30,31)/t11-,23-. The maximum Gasteiger partial charge on any atom is 0.339 e. The van der Waals surface area contributed by atoms with E-state index < -0.39 is 29.2 Å². The Morgan fingerprint density at radius 2 is 1.82 bits per heavy atom. The van der Waals surface area contributed by atoms with Crippen molar-refractivity contribution in [3.8, 4) is 11.4 Å². The van der Waals surface area contributed by atoms with Gasteiger partial charge in [-0.2, -0.15) is 4.39 Å². The molecule has 1 aliphatic heterocycles. The SMILES string of the molecule is O=C1O[C@]2(CC[C@H](c3nc4nc(-c5ccc(F)cc5F)ncc4[nH]3)CC2)c2cnc(F)cc21. The van der Waals surface area contributed by atoms with E-state index in [1.165, 1.54) is 18.5 Å². The van der Waals surface area contributed by atoms with E-state index in [-0.39, 0.29) is 22.9 Å². The van der Waals surface area contributed by atoms with Crippen LogP contribution in [0.15, 0.2) is 36.7 Å². The molecule has 7 nitrogen and oxygen atoms in total. The molecule has 1 fully saturated rings. The third-order valence-electron chi connectivity index (χ3n) is 6.48. The molecule has 0 amide bonds. The highest BCUT2D eigenvalue weighted by Gasteiger charge is 2.48. The molecule has 0 radical (unpaired) electrons. The van der Waals surface area contributed by atoms with Crippen molar-refractivity contribution in [3.63, 3.8) is 0 Å². The molecule has 0 bridgehead atoms. The van der Waals surface area contributed by atoms with Gasteiger partial charge in [0.25, 0.3) is 0 Å². The van der Waals surface area contributed by atoms with Gasteiger partial charge in [0, 0.05) is 29.8 Å². The first-order chi connectivity index (χ1) is 15.9. The quantitative estimate of drug-likeness (QED) is 0.355. The summed E-state index contributed by atoms with van der Waals surface area (Å²) in [5.74, 6) is -1.76. The zero-order valence-corrected chi connectivity index (χ0v) is 17.1. The number of esters is 1.